The van der Waals surface area contributed by atoms with Gasteiger partial charge in [0, 0.05) is 41.6 Å². The standard InChI is InChI=1S/C24H19ClF2N4O2/c1-14-2-4-20(31-13-18(6-7-32)29-30-31)12-22(14)24(33)21-5-3-17(11-23(21)25)28-19-9-15(26)8-16(27)10-19/h2-5,8-13,28,32H,6-7H2,1H3. The molecule has 2 N–H and O–H groups in total. The van der Waals surface area contributed by atoms with Crippen molar-refractivity contribution in [3.8, 4) is 5.69 Å². The van der Waals surface area contributed by atoms with Gasteiger partial charge in [-0.3, -0.25) is 4.79 Å². The van der Waals surface area contributed by atoms with E-state index in [-0.39, 0.29) is 28.7 Å². The zero-order valence-electron chi connectivity index (χ0n) is 17.5. The molecular formula is C24H19ClF2N4O2. The van der Waals surface area contributed by atoms with Gasteiger partial charge in [-0.15, -0.1) is 5.10 Å². The highest BCUT2D eigenvalue weighted by Crippen LogP contribution is 2.28. The number of aryl methyl sites for hydroxylation is 1. The summed E-state index contributed by atoms with van der Waals surface area (Å²) in [5.74, 6) is -1.69. The second kappa shape index (κ2) is 9.48. The number of rotatable bonds is 7. The summed E-state index contributed by atoms with van der Waals surface area (Å²) in [6.07, 6.45) is 2.08. The predicted octanol–water partition coefficient (Wildman–Crippen LogP) is 5.02. The van der Waals surface area contributed by atoms with Gasteiger partial charge in [-0.05, 0) is 55.0 Å². The highest BCUT2D eigenvalue weighted by molar-refractivity contribution is 6.35. The average Bonchev–Trinajstić information content (AvgIpc) is 3.22. The molecule has 0 unspecified atom stereocenters. The zero-order chi connectivity index (χ0) is 23.5. The highest BCUT2D eigenvalue weighted by Gasteiger charge is 2.17. The summed E-state index contributed by atoms with van der Waals surface area (Å²) >= 11 is 6.39. The molecule has 4 rings (SSSR count). The van der Waals surface area contributed by atoms with E-state index in [4.69, 9.17) is 16.7 Å². The third-order valence-electron chi connectivity index (χ3n) is 5.00. The van der Waals surface area contributed by atoms with E-state index in [0.29, 0.717) is 29.1 Å². The smallest absolute Gasteiger partial charge is 0.194 e. The molecule has 4 aromatic rings. The quantitative estimate of drug-likeness (QED) is 0.372. The Hall–Kier alpha value is -3.62. The topological polar surface area (TPSA) is 80.0 Å². The first kappa shape index (κ1) is 22.6. The Morgan fingerprint density at radius 3 is 2.48 bits per heavy atom. The Morgan fingerprint density at radius 1 is 1.03 bits per heavy atom. The maximum atomic E-state index is 13.4. The van der Waals surface area contributed by atoms with Crippen LogP contribution in [0.2, 0.25) is 5.02 Å². The number of benzene rings is 3. The minimum absolute atomic E-state index is 0.0339. The van der Waals surface area contributed by atoms with Crippen LogP contribution in [0.15, 0.2) is 60.8 Å². The number of aliphatic hydroxyl groups excluding tert-OH is 1. The number of hydrogen-bond donors (Lipinski definition) is 2. The summed E-state index contributed by atoms with van der Waals surface area (Å²) in [6, 6.07) is 13.1. The van der Waals surface area contributed by atoms with Crippen LogP contribution in [0, 0.1) is 18.6 Å². The van der Waals surface area contributed by atoms with E-state index in [1.807, 2.05) is 13.0 Å². The van der Waals surface area contributed by atoms with E-state index in [1.165, 1.54) is 10.7 Å². The summed E-state index contributed by atoms with van der Waals surface area (Å²) in [7, 11) is 0. The van der Waals surface area contributed by atoms with Gasteiger partial charge >= 0.3 is 0 Å². The van der Waals surface area contributed by atoms with Crippen molar-refractivity contribution < 1.29 is 18.7 Å². The number of carbonyl (C=O) groups excluding carboxylic acids is 1. The van der Waals surface area contributed by atoms with Crippen molar-refractivity contribution in [2.24, 2.45) is 0 Å². The molecule has 0 atom stereocenters. The van der Waals surface area contributed by atoms with Crippen molar-refractivity contribution in [1.82, 2.24) is 15.0 Å². The summed E-state index contributed by atoms with van der Waals surface area (Å²) in [4.78, 5) is 13.3. The molecule has 0 radical (unpaired) electrons. The summed E-state index contributed by atoms with van der Waals surface area (Å²) in [5, 5.41) is 20.2. The van der Waals surface area contributed by atoms with Crippen LogP contribution >= 0.6 is 11.6 Å². The van der Waals surface area contributed by atoms with Crippen LogP contribution in [0.4, 0.5) is 20.2 Å². The number of aromatic nitrogens is 3. The summed E-state index contributed by atoms with van der Waals surface area (Å²) in [5.41, 5.74) is 3.46. The molecule has 9 heteroatoms. The molecule has 6 nitrogen and oxygen atoms in total. The van der Waals surface area contributed by atoms with Crippen LogP contribution < -0.4 is 5.32 Å². The van der Waals surface area contributed by atoms with Crippen LogP contribution in [-0.2, 0) is 6.42 Å². The van der Waals surface area contributed by atoms with E-state index in [0.717, 1.165) is 23.8 Å². The van der Waals surface area contributed by atoms with E-state index in [9.17, 15) is 13.6 Å². The molecule has 0 aliphatic heterocycles. The second-order valence-corrected chi connectivity index (χ2v) is 7.84. The van der Waals surface area contributed by atoms with E-state index < -0.39 is 11.6 Å². The molecule has 0 bridgehead atoms. The molecule has 0 aliphatic carbocycles. The lowest BCUT2D eigenvalue weighted by atomic mass is 9.98. The normalized spacial score (nSPS) is 10.9. The maximum Gasteiger partial charge on any atom is 0.194 e. The molecule has 0 aliphatic rings. The van der Waals surface area contributed by atoms with Gasteiger partial charge in [0.1, 0.15) is 11.6 Å². The van der Waals surface area contributed by atoms with E-state index in [1.54, 1.807) is 30.5 Å². The molecular weight excluding hydrogens is 450 g/mol. The second-order valence-electron chi connectivity index (χ2n) is 7.43. The summed E-state index contributed by atoms with van der Waals surface area (Å²) in [6.45, 7) is 1.78. The lowest BCUT2D eigenvalue weighted by Crippen LogP contribution is -2.07. The predicted molar refractivity (Wildman–Crippen MR) is 121 cm³/mol. The minimum atomic E-state index is -0.707. The summed E-state index contributed by atoms with van der Waals surface area (Å²) < 4.78 is 28.4. The SMILES string of the molecule is Cc1ccc(-n2cc(CCO)nn2)cc1C(=O)c1ccc(Nc2cc(F)cc(F)c2)cc1Cl. The molecule has 0 fully saturated rings. The molecule has 0 spiro atoms. The van der Waals surface area contributed by atoms with Gasteiger partial charge < -0.3 is 10.4 Å². The van der Waals surface area contributed by atoms with Crippen molar-refractivity contribution in [2.75, 3.05) is 11.9 Å². The van der Waals surface area contributed by atoms with Crippen molar-refractivity contribution in [2.45, 2.75) is 13.3 Å². The molecule has 1 heterocycles. The van der Waals surface area contributed by atoms with Crippen LogP contribution in [0.3, 0.4) is 0 Å². The number of aliphatic hydroxyl groups is 1. The fourth-order valence-corrected chi connectivity index (χ4v) is 3.63. The Morgan fingerprint density at radius 2 is 1.79 bits per heavy atom. The fourth-order valence-electron chi connectivity index (χ4n) is 3.37. The van der Waals surface area contributed by atoms with Crippen molar-refractivity contribution in [3.05, 3.63) is 99.8 Å². The Kier molecular flexibility index (Phi) is 6.48. The van der Waals surface area contributed by atoms with Gasteiger partial charge in [0.2, 0.25) is 0 Å². The van der Waals surface area contributed by atoms with Gasteiger partial charge in [-0.1, -0.05) is 22.9 Å². The first-order valence-electron chi connectivity index (χ1n) is 10.0. The largest absolute Gasteiger partial charge is 0.396 e. The minimum Gasteiger partial charge on any atom is -0.396 e. The van der Waals surface area contributed by atoms with Crippen molar-refractivity contribution in [3.63, 3.8) is 0 Å². The third-order valence-corrected chi connectivity index (χ3v) is 5.32. The number of nitrogens with one attached hydrogen (secondary N) is 1. The first-order valence-corrected chi connectivity index (χ1v) is 10.4. The number of carbonyl (C=O) groups is 1. The average molecular weight is 469 g/mol. The number of nitrogens with zero attached hydrogens (tertiary/aromatic N) is 3. The lowest BCUT2D eigenvalue weighted by molar-refractivity contribution is 0.103. The molecule has 33 heavy (non-hydrogen) atoms. The Balaban J connectivity index is 1.61. The highest BCUT2D eigenvalue weighted by atomic mass is 35.5. The van der Waals surface area contributed by atoms with E-state index in [2.05, 4.69) is 15.6 Å². The molecule has 168 valence electrons. The molecule has 0 saturated carbocycles. The van der Waals surface area contributed by atoms with Gasteiger partial charge in [-0.2, -0.15) is 0 Å². The molecule has 1 aromatic heterocycles. The fraction of sp³-hybridized carbons (Fsp3) is 0.125. The Bertz CT molecular complexity index is 1320. The molecule has 0 amide bonds. The van der Waals surface area contributed by atoms with Crippen LogP contribution in [-0.4, -0.2) is 32.5 Å². The van der Waals surface area contributed by atoms with Crippen LogP contribution in [0.5, 0.6) is 0 Å². The maximum absolute atomic E-state index is 13.4. The molecule has 3 aromatic carbocycles. The number of ketones is 1. The van der Waals surface area contributed by atoms with Crippen LogP contribution in [0.1, 0.15) is 27.2 Å². The molecule has 0 saturated heterocycles. The van der Waals surface area contributed by atoms with Crippen molar-refractivity contribution in [1.29, 1.82) is 0 Å². The Labute approximate surface area is 193 Å². The van der Waals surface area contributed by atoms with Gasteiger partial charge in [0.05, 0.1) is 22.6 Å². The van der Waals surface area contributed by atoms with E-state index >= 15 is 0 Å². The van der Waals surface area contributed by atoms with Gasteiger partial charge in [-0.25, -0.2) is 13.5 Å². The van der Waals surface area contributed by atoms with Gasteiger partial charge in [0.15, 0.2) is 5.78 Å². The number of halogens is 3. The lowest BCUT2D eigenvalue weighted by Gasteiger charge is -2.12. The van der Waals surface area contributed by atoms with Gasteiger partial charge in [0.25, 0.3) is 0 Å². The number of hydrogen-bond acceptors (Lipinski definition) is 5. The number of anilines is 2. The first-order chi connectivity index (χ1) is 15.8. The van der Waals surface area contributed by atoms with Crippen LogP contribution in [0.25, 0.3) is 5.69 Å². The zero-order valence-corrected chi connectivity index (χ0v) is 18.3. The van der Waals surface area contributed by atoms with Crippen molar-refractivity contribution >= 4 is 28.8 Å². The monoisotopic (exact) mass is 468 g/mol. The third kappa shape index (κ3) is 5.08.